The number of benzene rings is 1. The molecule has 0 radical (unpaired) electrons. The first-order chi connectivity index (χ1) is 11.8. The Kier molecular flexibility index (Phi) is 4.29. The number of aromatic amines is 1. The maximum atomic E-state index is 12.4. The monoisotopic (exact) mass is 342 g/mol. The minimum absolute atomic E-state index is 0.00567. The smallest absolute Gasteiger partial charge is 0.410 e. The van der Waals surface area contributed by atoms with Crippen LogP contribution in [0.25, 0.3) is 11.0 Å². The van der Waals surface area contributed by atoms with Crippen LogP contribution in [0.15, 0.2) is 23.0 Å². The van der Waals surface area contributed by atoms with Crippen molar-refractivity contribution in [3.63, 3.8) is 0 Å². The third-order valence-electron chi connectivity index (χ3n) is 4.33. The van der Waals surface area contributed by atoms with Crippen LogP contribution in [0.3, 0.4) is 0 Å². The van der Waals surface area contributed by atoms with Gasteiger partial charge in [-0.05, 0) is 51.8 Å². The van der Waals surface area contributed by atoms with Crippen molar-refractivity contribution in [2.75, 3.05) is 13.1 Å². The summed E-state index contributed by atoms with van der Waals surface area (Å²) in [5.41, 5.74) is 1.28. The first-order valence-corrected chi connectivity index (χ1v) is 8.41. The Labute approximate surface area is 145 Å². The van der Waals surface area contributed by atoms with Gasteiger partial charge in [0, 0.05) is 19.1 Å². The van der Waals surface area contributed by atoms with Crippen LogP contribution in [0.1, 0.15) is 45.2 Å². The van der Waals surface area contributed by atoms with E-state index in [0.717, 1.165) is 11.0 Å². The van der Waals surface area contributed by atoms with Gasteiger partial charge in [-0.2, -0.15) is 5.26 Å². The number of piperidine rings is 1. The van der Waals surface area contributed by atoms with E-state index in [0.29, 0.717) is 31.5 Å². The zero-order chi connectivity index (χ0) is 18.2. The van der Waals surface area contributed by atoms with Crippen molar-refractivity contribution in [1.29, 1.82) is 5.26 Å². The number of hydrogen-bond donors (Lipinski definition) is 1. The third-order valence-corrected chi connectivity index (χ3v) is 4.33. The van der Waals surface area contributed by atoms with E-state index in [1.807, 2.05) is 20.8 Å². The normalized spacial score (nSPS) is 16.0. The summed E-state index contributed by atoms with van der Waals surface area (Å²) in [7, 11) is 0. The summed E-state index contributed by atoms with van der Waals surface area (Å²) in [5, 5.41) is 9.09. The van der Waals surface area contributed by atoms with E-state index in [9.17, 15) is 9.59 Å². The third kappa shape index (κ3) is 3.53. The molecular weight excluding hydrogens is 320 g/mol. The molecule has 1 saturated heterocycles. The molecule has 0 atom stereocenters. The van der Waals surface area contributed by atoms with Gasteiger partial charge in [0.15, 0.2) is 0 Å². The predicted molar refractivity (Wildman–Crippen MR) is 93.4 cm³/mol. The van der Waals surface area contributed by atoms with Crippen LogP contribution in [0, 0.1) is 11.3 Å². The number of imidazole rings is 1. The minimum atomic E-state index is -0.518. The molecule has 0 spiro atoms. The molecule has 132 valence electrons. The van der Waals surface area contributed by atoms with Crippen molar-refractivity contribution in [3.05, 3.63) is 34.2 Å². The number of fused-ring (bicyclic) bond motifs is 1. The van der Waals surface area contributed by atoms with Gasteiger partial charge in [0.1, 0.15) is 5.60 Å². The Morgan fingerprint density at radius 2 is 2.00 bits per heavy atom. The molecule has 2 aromatic rings. The standard InChI is InChI=1S/C18H22N4O3/c1-18(2,3)25-17(24)21-8-6-13(7-9-21)22-15-10-12(11-19)4-5-14(15)20-16(22)23/h4-5,10,13H,6-9H2,1-3H3,(H,20,23). The van der Waals surface area contributed by atoms with Gasteiger partial charge in [-0.1, -0.05) is 0 Å². The number of carbonyl (C=O) groups excluding carboxylic acids is 1. The highest BCUT2D eigenvalue weighted by Crippen LogP contribution is 2.26. The summed E-state index contributed by atoms with van der Waals surface area (Å²) in [6.07, 6.45) is 1.02. The largest absolute Gasteiger partial charge is 0.444 e. The van der Waals surface area contributed by atoms with Crippen LogP contribution in [0.5, 0.6) is 0 Å². The van der Waals surface area contributed by atoms with Gasteiger partial charge in [-0.25, -0.2) is 9.59 Å². The molecule has 1 aliphatic rings. The summed E-state index contributed by atoms with van der Waals surface area (Å²) in [4.78, 5) is 29.0. The molecule has 0 aliphatic carbocycles. The van der Waals surface area contributed by atoms with Crippen LogP contribution < -0.4 is 5.69 Å². The fourth-order valence-electron chi connectivity index (χ4n) is 3.19. The molecule has 3 rings (SSSR count). The maximum Gasteiger partial charge on any atom is 0.410 e. The Balaban J connectivity index is 1.79. The van der Waals surface area contributed by atoms with E-state index < -0.39 is 5.60 Å². The van der Waals surface area contributed by atoms with Gasteiger partial charge in [-0.15, -0.1) is 0 Å². The maximum absolute atomic E-state index is 12.4. The molecule has 1 fully saturated rings. The van der Waals surface area contributed by atoms with Crippen LogP contribution in [-0.2, 0) is 4.74 Å². The van der Waals surface area contributed by atoms with Crippen LogP contribution in [0.2, 0.25) is 0 Å². The van der Waals surface area contributed by atoms with E-state index in [4.69, 9.17) is 10.00 Å². The van der Waals surface area contributed by atoms with Crippen molar-refractivity contribution >= 4 is 17.1 Å². The molecule has 0 bridgehead atoms. The van der Waals surface area contributed by atoms with Crippen LogP contribution >= 0.6 is 0 Å². The highest BCUT2D eigenvalue weighted by Gasteiger charge is 2.28. The van der Waals surface area contributed by atoms with E-state index in [1.54, 1.807) is 27.7 Å². The lowest BCUT2D eigenvalue weighted by molar-refractivity contribution is 0.0189. The topological polar surface area (TPSA) is 91.1 Å². The number of carbonyl (C=O) groups is 1. The lowest BCUT2D eigenvalue weighted by atomic mass is 10.0. The number of ether oxygens (including phenoxy) is 1. The molecule has 0 saturated carbocycles. The molecule has 2 heterocycles. The summed E-state index contributed by atoms with van der Waals surface area (Å²) in [6, 6.07) is 7.27. The quantitative estimate of drug-likeness (QED) is 0.862. The molecule has 1 N–H and O–H groups in total. The Bertz CT molecular complexity index is 890. The van der Waals surface area contributed by atoms with E-state index in [2.05, 4.69) is 11.1 Å². The second kappa shape index (κ2) is 6.28. The van der Waals surface area contributed by atoms with E-state index in [-0.39, 0.29) is 17.8 Å². The van der Waals surface area contributed by atoms with Crippen LogP contribution in [-0.4, -0.2) is 39.2 Å². The van der Waals surface area contributed by atoms with Crippen molar-refractivity contribution in [2.45, 2.75) is 45.3 Å². The number of nitriles is 1. The summed E-state index contributed by atoms with van der Waals surface area (Å²) >= 11 is 0. The van der Waals surface area contributed by atoms with Crippen molar-refractivity contribution in [1.82, 2.24) is 14.5 Å². The number of hydrogen-bond acceptors (Lipinski definition) is 4. The molecule has 1 aromatic heterocycles. The number of rotatable bonds is 1. The fourth-order valence-corrected chi connectivity index (χ4v) is 3.19. The van der Waals surface area contributed by atoms with Gasteiger partial charge in [-0.3, -0.25) is 4.57 Å². The number of H-pyrrole nitrogens is 1. The molecule has 1 amide bonds. The first-order valence-electron chi connectivity index (χ1n) is 8.41. The van der Waals surface area contributed by atoms with Gasteiger partial charge >= 0.3 is 11.8 Å². The molecular formula is C18H22N4O3. The van der Waals surface area contributed by atoms with Gasteiger partial charge < -0.3 is 14.6 Å². The molecule has 25 heavy (non-hydrogen) atoms. The van der Waals surface area contributed by atoms with Gasteiger partial charge in [0.2, 0.25) is 0 Å². The second-order valence-electron chi connectivity index (χ2n) is 7.34. The van der Waals surface area contributed by atoms with E-state index >= 15 is 0 Å². The van der Waals surface area contributed by atoms with Crippen molar-refractivity contribution in [2.24, 2.45) is 0 Å². The molecule has 1 aromatic carbocycles. The zero-order valence-electron chi connectivity index (χ0n) is 14.7. The average Bonchev–Trinajstić information content (AvgIpc) is 2.88. The Hall–Kier alpha value is -2.75. The molecule has 0 unspecified atom stereocenters. The minimum Gasteiger partial charge on any atom is -0.444 e. The Morgan fingerprint density at radius 3 is 2.60 bits per heavy atom. The van der Waals surface area contributed by atoms with Gasteiger partial charge in [0.25, 0.3) is 0 Å². The average molecular weight is 342 g/mol. The fraction of sp³-hybridized carbons (Fsp3) is 0.500. The lowest BCUT2D eigenvalue weighted by Gasteiger charge is -2.33. The second-order valence-corrected chi connectivity index (χ2v) is 7.34. The van der Waals surface area contributed by atoms with Crippen LogP contribution in [0.4, 0.5) is 4.79 Å². The molecule has 7 heteroatoms. The summed E-state index contributed by atoms with van der Waals surface area (Å²) < 4.78 is 7.11. The first kappa shape index (κ1) is 17.1. The number of likely N-dealkylation sites (tertiary alicyclic amines) is 1. The SMILES string of the molecule is CC(C)(C)OC(=O)N1CCC(n2c(=O)[nH]c3ccc(C#N)cc32)CC1. The number of aromatic nitrogens is 2. The zero-order valence-corrected chi connectivity index (χ0v) is 14.7. The molecule has 7 nitrogen and oxygen atoms in total. The summed E-state index contributed by atoms with van der Waals surface area (Å²) in [5.74, 6) is 0. The molecule has 1 aliphatic heterocycles. The van der Waals surface area contributed by atoms with Gasteiger partial charge in [0.05, 0.1) is 22.7 Å². The number of nitrogens with zero attached hydrogens (tertiary/aromatic N) is 3. The van der Waals surface area contributed by atoms with Crippen molar-refractivity contribution < 1.29 is 9.53 Å². The number of amides is 1. The number of nitrogens with one attached hydrogen (secondary N) is 1. The lowest BCUT2D eigenvalue weighted by Crippen LogP contribution is -2.43. The predicted octanol–water partition coefficient (Wildman–Crippen LogP) is 2.77. The Morgan fingerprint density at radius 1 is 1.32 bits per heavy atom. The highest BCUT2D eigenvalue weighted by molar-refractivity contribution is 5.77. The van der Waals surface area contributed by atoms with E-state index in [1.165, 1.54) is 0 Å². The summed E-state index contributed by atoms with van der Waals surface area (Å²) in [6.45, 7) is 6.61. The highest BCUT2D eigenvalue weighted by atomic mass is 16.6. The van der Waals surface area contributed by atoms with Crippen molar-refractivity contribution in [3.8, 4) is 6.07 Å².